The third-order valence-corrected chi connectivity index (χ3v) is 4.06. The van der Waals surface area contributed by atoms with Crippen LogP contribution >= 0.6 is 0 Å². The van der Waals surface area contributed by atoms with Gasteiger partial charge in [0.1, 0.15) is 0 Å². The summed E-state index contributed by atoms with van der Waals surface area (Å²) >= 11 is 0. The molecule has 0 aromatic heterocycles. The lowest BCUT2D eigenvalue weighted by Crippen LogP contribution is -2.54. The Morgan fingerprint density at radius 2 is 1.89 bits per heavy atom. The number of likely N-dealkylation sites (N-methyl/N-ethyl adjacent to an activating group) is 1. The zero-order valence-electron chi connectivity index (χ0n) is 12.6. The topological polar surface area (TPSA) is 44.4 Å². The minimum absolute atomic E-state index is 0.101. The summed E-state index contributed by atoms with van der Waals surface area (Å²) in [5.74, 6) is 0.101. The standard InChI is InChI=1S/C14H29N3O/c1-6-16-13(2,3)12(18)15-11-14(4)7-9-17(5)10-8-14/h16H,6-11H2,1-5H3,(H,15,18). The first-order chi connectivity index (χ1) is 8.29. The van der Waals surface area contributed by atoms with Crippen molar-refractivity contribution in [2.45, 2.75) is 46.1 Å². The minimum Gasteiger partial charge on any atom is -0.354 e. The van der Waals surface area contributed by atoms with Crippen molar-refractivity contribution in [1.29, 1.82) is 0 Å². The summed E-state index contributed by atoms with van der Waals surface area (Å²) in [6, 6.07) is 0. The SMILES string of the molecule is CCNC(C)(C)C(=O)NCC1(C)CCN(C)CC1. The van der Waals surface area contributed by atoms with Gasteiger partial charge in [-0.1, -0.05) is 13.8 Å². The molecule has 1 heterocycles. The smallest absolute Gasteiger partial charge is 0.239 e. The predicted molar refractivity (Wildman–Crippen MR) is 75.6 cm³/mol. The molecule has 1 rings (SSSR count). The molecular formula is C14H29N3O. The highest BCUT2D eigenvalue weighted by Gasteiger charge is 2.32. The molecule has 18 heavy (non-hydrogen) atoms. The van der Waals surface area contributed by atoms with Crippen molar-refractivity contribution in [3.63, 3.8) is 0 Å². The molecule has 0 atom stereocenters. The normalized spacial score (nSPS) is 20.7. The van der Waals surface area contributed by atoms with Crippen LogP contribution < -0.4 is 10.6 Å². The van der Waals surface area contributed by atoms with Gasteiger partial charge < -0.3 is 15.5 Å². The monoisotopic (exact) mass is 255 g/mol. The molecule has 0 saturated carbocycles. The molecule has 1 amide bonds. The fraction of sp³-hybridized carbons (Fsp3) is 0.929. The van der Waals surface area contributed by atoms with Crippen LogP contribution in [0.2, 0.25) is 0 Å². The number of nitrogens with one attached hydrogen (secondary N) is 2. The molecule has 0 radical (unpaired) electrons. The number of carbonyl (C=O) groups excluding carboxylic acids is 1. The Kier molecular flexibility index (Phi) is 5.17. The van der Waals surface area contributed by atoms with Gasteiger partial charge in [-0.3, -0.25) is 4.79 Å². The van der Waals surface area contributed by atoms with Crippen molar-refractivity contribution in [1.82, 2.24) is 15.5 Å². The van der Waals surface area contributed by atoms with Crippen molar-refractivity contribution in [2.75, 3.05) is 33.2 Å². The fourth-order valence-corrected chi connectivity index (χ4v) is 2.37. The van der Waals surface area contributed by atoms with Gasteiger partial charge in [-0.15, -0.1) is 0 Å². The van der Waals surface area contributed by atoms with Crippen LogP contribution in [0.1, 0.15) is 40.5 Å². The van der Waals surface area contributed by atoms with Crippen LogP contribution in [0.25, 0.3) is 0 Å². The lowest BCUT2D eigenvalue weighted by Gasteiger charge is -2.38. The summed E-state index contributed by atoms with van der Waals surface area (Å²) in [7, 11) is 2.16. The van der Waals surface area contributed by atoms with E-state index in [2.05, 4.69) is 29.5 Å². The van der Waals surface area contributed by atoms with Crippen LogP contribution in [0.3, 0.4) is 0 Å². The van der Waals surface area contributed by atoms with Crippen LogP contribution in [0.5, 0.6) is 0 Å². The van der Waals surface area contributed by atoms with E-state index in [1.54, 1.807) is 0 Å². The van der Waals surface area contributed by atoms with Crippen LogP contribution in [0.4, 0.5) is 0 Å². The van der Waals surface area contributed by atoms with Crippen LogP contribution in [0, 0.1) is 5.41 Å². The van der Waals surface area contributed by atoms with Gasteiger partial charge in [0.25, 0.3) is 0 Å². The van der Waals surface area contributed by atoms with E-state index in [1.165, 1.54) is 0 Å². The predicted octanol–water partition coefficient (Wildman–Crippen LogP) is 1.22. The van der Waals surface area contributed by atoms with E-state index >= 15 is 0 Å². The van der Waals surface area contributed by atoms with E-state index in [0.29, 0.717) is 0 Å². The molecule has 1 aliphatic rings. The van der Waals surface area contributed by atoms with Crippen LogP contribution in [-0.2, 0) is 4.79 Å². The number of hydrogen-bond acceptors (Lipinski definition) is 3. The molecule has 1 fully saturated rings. The molecular weight excluding hydrogens is 226 g/mol. The van der Waals surface area contributed by atoms with Crippen molar-refractivity contribution < 1.29 is 4.79 Å². The zero-order valence-corrected chi connectivity index (χ0v) is 12.6. The first-order valence-corrected chi connectivity index (χ1v) is 7.01. The maximum Gasteiger partial charge on any atom is 0.239 e. The van der Waals surface area contributed by atoms with Gasteiger partial charge in [0.05, 0.1) is 5.54 Å². The van der Waals surface area contributed by atoms with E-state index in [4.69, 9.17) is 0 Å². The Bertz CT molecular complexity index is 281. The molecule has 0 aromatic rings. The van der Waals surface area contributed by atoms with Gasteiger partial charge in [-0.2, -0.15) is 0 Å². The number of likely N-dealkylation sites (tertiary alicyclic amines) is 1. The molecule has 0 spiro atoms. The Labute approximate surface area is 111 Å². The first kappa shape index (κ1) is 15.4. The van der Waals surface area contributed by atoms with Gasteiger partial charge in [0.2, 0.25) is 5.91 Å². The van der Waals surface area contributed by atoms with E-state index in [-0.39, 0.29) is 11.3 Å². The number of piperidine rings is 1. The van der Waals surface area contributed by atoms with Crippen molar-refractivity contribution >= 4 is 5.91 Å². The minimum atomic E-state index is -0.476. The maximum absolute atomic E-state index is 12.1. The summed E-state index contributed by atoms with van der Waals surface area (Å²) in [5, 5.41) is 6.32. The largest absolute Gasteiger partial charge is 0.354 e. The van der Waals surface area contributed by atoms with Crippen molar-refractivity contribution in [3.05, 3.63) is 0 Å². The molecule has 0 bridgehead atoms. The van der Waals surface area contributed by atoms with E-state index in [0.717, 1.165) is 39.0 Å². The van der Waals surface area contributed by atoms with E-state index < -0.39 is 5.54 Å². The van der Waals surface area contributed by atoms with Crippen molar-refractivity contribution in [2.24, 2.45) is 5.41 Å². The van der Waals surface area contributed by atoms with Gasteiger partial charge >= 0.3 is 0 Å². The van der Waals surface area contributed by atoms with Gasteiger partial charge in [0, 0.05) is 6.54 Å². The molecule has 1 aliphatic heterocycles. The number of carbonyl (C=O) groups is 1. The van der Waals surface area contributed by atoms with Gasteiger partial charge in [-0.05, 0) is 58.8 Å². The second kappa shape index (κ2) is 6.02. The summed E-state index contributed by atoms with van der Waals surface area (Å²) in [4.78, 5) is 14.5. The number of amides is 1. The number of nitrogens with zero attached hydrogens (tertiary/aromatic N) is 1. The molecule has 0 aromatic carbocycles. The molecule has 4 nitrogen and oxygen atoms in total. The average molecular weight is 255 g/mol. The Morgan fingerprint density at radius 3 is 2.39 bits per heavy atom. The Balaban J connectivity index is 2.42. The van der Waals surface area contributed by atoms with Crippen LogP contribution in [0.15, 0.2) is 0 Å². The fourth-order valence-electron chi connectivity index (χ4n) is 2.37. The second-order valence-corrected chi connectivity index (χ2v) is 6.45. The van der Waals surface area contributed by atoms with E-state index in [1.807, 2.05) is 20.8 Å². The second-order valence-electron chi connectivity index (χ2n) is 6.45. The van der Waals surface area contributed by atoms with Crippen molar-refractivity contribution in [3.8, 4) is 0 Å². The van der Waals surface area contributed by atoms with Gasteiger partial charge in [-0.25, -0.2) is 0 Å². The number of hydrogen-bond donors (Lipinski definition) is 2. The third-order valence-electron chi connectivity index (χ3n) is 4.06. The zero-order chi connectivity index (χ0) is 13.8. The third kappa shape index (κ3) is 4.25. The van der Waals surface area contributed by atoms with E-state index in [9.17, 15) is 4.79 Å². The quantitative estimate of drug-likeness (QED) is 0.776. The molecule has 0 unspecified atom stereocenters. The molecule has 0 aliphatic carbocycles. The highest BCUT2D eigenvalue weighted by Crippen LogP contribution is 2.29. The van der Waals surface area contributed by atoms with Crippen LogP contribution in [-0.4, -0.2) is 49.6 Å². The summed E-state index contributed by atoms with van der Waals surface area (Å²) in [5.41, 5.74) is -0.221. The highest BCUT2D eigenvalue weighted by molar-refractivity contribution is 5.85. The lowest BCUT2D eigenvalue weighted by atomic mass is 9.80. The molecule has 106 valence electrons. The molecule has 4 heteroatoms. The molecule has 2 N–H and O–H groups in total. The highest BCUT2D eigenvalue weighted by atomic mass is 16.2. The first-order valence-electron chi connectivity index (χ1n) is 7.01. The van der Waals surface area contributed by atoms with Gasteiger partial charge in [0.15, 0.2) is 0 Å². The lowest BCUT2D eigenvalue weighted by molar-refractivity contribution is -0.127. The summed E-state index contributed by atoms with van der Waals surface area (Å²) < 4.78 is 0. The molecule has 1 saturated heterocycles. The summed E-state index contributed by atoms with van der Waals surface area (Å²) in [6.07, 6.45) is 2.32. The average Bonchev–Trinajstić information content (AvgIpc) is 2.30. The Hall–Kier alpha value is -0.610. The summed E-state index contributed by atoms with van der Waals surface area (Å²) in [6.45, 7) is 12.0. The Morgan fingerprint density at radius 1 is 1.33 bits per heavy atom. The maximum atomic E-state index is 12.1. The number of rotatable bonds is 5.